The van der Waals surface area contributed by atoms with Crippen LogP contribution in [0.1, 0.15) is 26.2 Å². The van der Waals surface area contributed by atoms with Gasteiger partial charge in [0.2, 0.25) is 5.88 Å². The van der Waals surface area contributed by atoms with Crippen LogP contribution in [0.25, 0.3) is 0 Å². The van der Waals surface area contributed by atoms with Gasteiger partial charge in [-0.15, -0.1) is 0 Å². The van der Waals surface area contributed by atoms with Crippen molar-refractivity contribution in [3.8, 4) is 5.88 Å². The van der Waals surface area contributed by atoms with Crippen LogP contribution in [0.3, 0.4) is 0 Å². The highest BCUT2D eigenvalue weighted by atomic mass is 16.5. The number of methoxy groups -OCH3 is 1. The van der Waals surface area contributed by atoms with Crippen LogP contribution in [0.4, 0.5) is 5.69 Å². The molecule has 0 saturated heterocycles. The molecule has 118 valence electrons. The molecule has 6 nitrogen and oxygen atoms in total. The molecule has 0 radical (unpaired) electrons. The predicted molar refractivity (Wildman–Crippen MR) is 81.5 cm³/mol. The van der Waals surface area contributed by atoms with Gasteiger partial charge in [0.05, 0.1) is 25.6 Å². The van der Waals surface area contributed by atoms with E-state index in [4.69, 9.17) is 9.47 Å². The van der Waals surface area contributed by atoms with Gasteiger partial charge in [0.15, 0.2) is 5.78 Å². The zero-order valence-corrected chi connectivity index (χ0v) is 12.8. The molecule has 1 heterocycles. The third-order valence-electron chi connectivity index (χ3n) is 3.57. The molecule has 1 fully saturated rings. The average Bonchev–Trinajstić information content (AvgIpc) is 2.46. The molecule has 0 amide bonds. The second-order valence-corrected chi connectivity index (χ2v) is 5.00. The number of pyridine rings is 1. The fourth-order valence-corrected chi connectivity index (χ4v) is 2.07. The second kappa shape index (κ2) is 7.59. The van der Waals surface area contributed by atoms with Gasteiger partial charge in [-0.1, -0.05) is 6.42 Å². The molecule has 0 aromatic carbocycles. The maximum absolute atomic E-state index is 12.3. The van der Waals surface area contributed by atoms with Crippen molar-refractivity contribution in [2.45, 2.75) is 26.2 Å². The van der Waals surface area contributed by atoms with Crippen LogP contribution >= 0.6 is 0 Å². The summed E-state index contributed by atoms with van der Waals surface area (Å²) in [4.78, 5) is 28.3. The molecule has 6 heteroatoms. The van der Waals surface area contributed by atoms with Gasteiger partial charge in [-0.3, -0.25) is 4.79 Å². The molecule has 1 aliphatic rings. The Hall–Kier alpha value is -2.37. The first-order chi connectivity index (χ1) is 10.7. The monoisotopic (exact) mass is 304 g/mol. The van der Waals surface area contributed by atoms with Crippen LogP contribution in [0.15, 0.2) is 30.1 Å². The maximum Gasteiger partial charge on any atom is 0.343 e. The summed E-state index contributed by atoms with van der Waals surface area (Å²) in [5.74, 6) is -0.316. The van der Waals surface area contributed by atoms with Gasteiger partial charge in [0.25, 0.3) is 0 Å². The number of ether oxygens (including phenoxy) is 2. The van der Waals surface area contributed by atoms with Crippen molar-refractivity contribution in [1.29, 1.82) is 0 Å². The number of Topliss-reactive ketones (excluding diaryl/α,β-unsaturated/α-hetero) is 1. The number of aromatic nitrogens is 1. The molecule has 1 aliphatic carbocycles. The van der Waals surface area contributed by atoms with Gasteiger partial charge in [0.1, 0.15) is 5.57 Å². The summed E-state index contributed by atoms with van der Waals surface area (Å²) < 4.78 is 9.94. The number of carbonyl (C=O) groups excluding carboxylic acids is 2. The van der Waals surface area contributed by atoms with E-state index < -0.39 is 5.97 Å². The van der Waals surface area contributed by atoms with Crippen LogP contribution < -0.4 is 10.1 Å². The summed E-state index contributed by atoms with van der Waals surface area (Å²) in [6, 6.07) is 3.44. The van der Waals surface area contributed by atoms with E-state index in [2.05, 4.69) is 10.3 Å². The van der Waals surface area contributed by atoms with Crippen LogP contribution in [0.2, 0.25) is 0 Å². The fourth-order valence-electron chi connectivity index (χ4n) is 2.07. The standard InChI is InChI=1S/C16H20N2O4/c1-3-22-16(20)13(15(19)11-5-4-6-11)10-17-12-7-8-14(21-2)18-9-12/h7-11,17H,3-6H2,1-2H3. The van der Waals surface area contributed by atoms with Gasteiger partial charge in [0, 0.05) is 18.2 Å². The van der Waals surface area contributed by atoms with Crippen molar-refractivity contribution in [2.24, 2.45) is 5.92 Å². The highest BCUT2D eigenvalue weighted by molar-refractivity contribution is 6.18. The highest BCUT2D eigenvalue weighted by Gasteiger charge is 2.31. The molecule has 0 atom stereocenters. The van der Waals surface area contributed by atoms with Gasteiger partial charge < -0.3 is 14.8 Å². The normalized spacial score (nSPS) is 14.9. The van der Waals surface area contributed by atoms with Crippen molar-refractivity contribution in [3.63, 3.8) is 0 Å². The van der Waals surface area contributed by atoms with Crippen LogP contribution in [0.5, 0.6) is 5.88 Å². The smallest absolute Gasteiger partial charge is 0.343 e. The van der Waals surface area contributed by atoms with Crippen molar-refractivity contribution in [1.82, 2.24) is 4.98 Å². The van der Waals surface area contributed by atoms with Gasteiger partial charge in [-0.2, -0.15) is 0 Å². The maximum atomic E-state index is 12.3. The topological polar surface area (TPSA) is 77.5 Å². The summed E-state index contributed by atoms with van der Waals surface area (Å²) in [5.41, 5.74) is 0.714. The number of hydrogen-bond acceptors (Lipinski definition) is 6. The zero-order valence-electron chi connectivity index (χ0n) is 12.8. The largest absolute Gasteiger partial charge is 0.481 e. The minimum absolute atomic E-state index is 0.0577. The first-order valence-electron chi connectivity index (χ1n) is 7.33. The highest BCUT2D eigenvalue weighted by Crippen LogP contribution is 2.29. The molecule has 22 heavy (non-hydrogen) atoms. The van der Waals surface area contributed by atoms with Gasteiger partial charge in [-0.25, -0.2) is 9.78 Å². The Bertz CT molecular complexity index is 562. The molecular weight excluding hydrogens is 284 g/mol. The number of nitrogens with zero attached hydrogens (tertiary/aromatic N) is 1. The summed E-state index contributed by atoms with van der Waals surface area (Å²) in [7, 11) is 1.53. The van der Waals surface area contributed by atoms with Crippen LogP contribution in [-0.4, -0.2) is 30.5 Å². The summed E-state index contributed by atoms with van der Waals surface area (Å²) in [6.07, 6.45) is 5.66. The molecule has 0 aliphatic heterocycles. The van der Waals surface area contributed by atoms with E-state index in [1.807, 2.05) is 0 Å². The number of esters is 1. The fraction of sp³-hybridized carbons (Fsp3) is 0.438. The van der Waals surface area contributed by atoms with E-state index >= 15 is 0 Å². The van der Waals surface area contributed by atoms with E-state index in [-0.39, 0.29) is 23.9 Å². The van der Waals surface area contributed by atoms with E-state index in [1.54, 1.807) is 25.3 Å². The third-order valence-corrected chi connectivity index (χ3v) is 3.57. The Kier molecular flexibility index (Phi) is 5.52. The molecule has 0 bridgehead atoms. The second-order valence-electron chi connectivity index (χ2n) is 5.00. The SMILES string of the molecule is CCOC(=O)C(=CNc1ccc(OC)nc1)C(=O)C1CCC1. The lowest BCUT2D eigenvalue weighted by molar-refractivity contribution is -0.140. The minimum atomic E-state index is -0.589. The van der Waals surface area contributed by atoms with E-state index in [0.29, 0.717) is 11.6 Å². The Balaban J connectivity index is 2.11. The third kappa shape index (κ3) is 3.84. The Labute approximate surface area is 129 Å². The number of anilines is 1. The molecule has 1 aromatic heterocycles. The zero-order chi connectivity index (χ0) is 15.9. The van der Waals surface area contributed by atoms with Crippen LogP contribution in [0, 0.1) is 5.92 Å². The van der Waals surface area contributed by atoms with E-state index in [9.17, 15) is 9.59 Å². The van der Waals surface area contributed by atoms with Gasteiger partial charge in [-0.05, 0) is 25.8 Å². The van der Waals surface area contributed by atoms with Crippen LogP contribution in [-0.2, 0) is 14.3 Å². The molecule has 1 N–H and O–H groups in total. The van der Waals surface area contributed by atoms with E-state index in [0.717, 1.165) is 19.3 Å². The van der Waals surface area contributed by atoms with Crippen molar-refractivity contribution in [2.75, 3.05) is 19.0 Å². The lowest BCUT2D eigenvalue weighted by atomic mass is 9.80. The lowest BCUT2D eigenvalue weighted by Crippen LogP contribution is -2.28. The molecule has 1 saturated carbocycles. The molecular formula is C16H20N2O4. The Morgan fingerprint density at radius 1 is 1.41 bits per heavy atom. The number of rotatable bonds is 7. The average molecular weight is 304 g/mol. The summed E-state index contributed by atoms with van der Waals surface area (Å²) in [6.45, 7) is 1.95. The Morgan fingerprint density at radius 2 is 2.18 bits per heavy atom. The predicted octanol–water partition coefficient (Wildman–Crippen LogP) is 2.32. The quantitative estimate of drug-likeness (QED) is 0.360. The first-order valence-corrected chi connectivity index (χ1v) is 7.33. The number of hydrogen-bond donors (Lipinski definition) is 1. The Morgan fingerprint density at radius 3 is 2.68 bits per heavy atom. The van der Waals surface area contributed by atoms with Crippen molar-refractivity contribution < 1.29 is 19.1 Å². The number of nitrogens with one attached hydrogen (secondary N) is 1. The minimum Gasteiger partial charge on any atom is -0.481 e. The molecule has 0 unspecified atom stereocenters. The number of carbonyl (C=O) groups is 2. The molecule has 2 rings (SSSR count). The number of ketones is 1. The molecule has 0 spiro atoms. The van der Waals surface area contributed by atoms with Crippen molar-refractivity contribution >= 4 is 17.4 Å². The van der Waals surface area contributed by atoms with E-state index in [1.165, 1.54) is 13.3 Å². The van der Waals surface area contributed by atoms with Gasteiger partial charge >= 0.3 is 5.97 Å². The molecule has 1 aromatic rings. The first kappa shape index (κ1) is 16.0. The summed E-state index contributed by atoms with van der Waals surface area (Å²) in [5, 5.41) is 2.92. The van der Waals surface area contributed by atoms with Crippen molar-refractivity contribution in [3.05, 3.63) is 30.1 Å². The lowest BCUT2D eigenvalue weighted by Gasteiger charge is -2.24. The summed E-state index contributed by atoms with van der Waals surface area (Å²) >= 11 is 0.